The van der Waals surface area contributed by atoms with Crippen molar-refractivity contribution in [1.82, 2.24) is 30.2 Å². The molecule has 0 aliphatic carbocycles. The number of fused-ring (bicyclic) bond motifs is 2. The molecule has 0 saturated carbocycles. The van der Waals surface area contributed by atoms with Crippen LogP contribution in [0.2, 0.25) is 0 Å². The summed E-state index contributed by atoms with van der Waals surface area (Å²) in [6.45, 7) is 1.59. The van der Waals surface area contributed by atoms with Gasteiger partial charge in [-0.3, -0.25) is 4.68 Å². The van der Waals surface area contributed by atoms with Gasteiger partial charge in [0.1, 0.15) is 28.1 Å². The Balaban J connectivity index is 1.01. The lowest BCUT2D eigenvalue weighted by atomic mass is 10.2. The second kappa shape index (κ2) is 10.2. The normalized spacial score (nSPS) is 11.3. The zero-order valence-corrected chi connectivity index (χ0v) is 18.5. The molecule has 5 rings (SSSR count). The van der Waals surface area contributed by atoms with E-state index in [0.717, 1.165) is 54.3 Å². The van der Waals surface area contributed by atoms with Gasteiger partial charge in [0, 0.05) is 6.54 Å². The maximum Gasteiger partial charge on any atom is 0.339 e. The van der Waals surface area contributed by atoms with E-state index in [1.54, 1.807) is 6.07 Å². The molecule has 0 bridgehead atoms. The standard InChI is InChI=1S/C24H24N6O4/c31-24-15-23(19-9-3-6-12-22(19)34-24)32-14-8-2-1-7-13-29-16-18(25-27-29)17-33-30-21-11-5-4-10-20(21)26-28-30/h3-6,9-12,15-16H,1-2,7-8,13-14,17H2. The van der Waals surface area contributed by atoms with Crippen LogP contribution < -0.4 is 15.2 Å². The number of aromatic nitrogens is 6. The molecule has 0 aliphatic rings. The molecule has 0 unspecified atom stereocenters. The quantitative estimate of drug-likeness (QED) is 0.218. The van der Waals surface area contributed by atoms with E-state index in [1.165, 1.54) is 10.9 Å². The summed E-state index contributed by atoms with van der Waals surface area (Å²) >= 11 is 0. The van der Waals surface area contributed by atoms with E-state index in [0.29, 0.717) is 17.9 Å². The Kier molecular flexibility index (Phi) is 6.46. The minimum Gasteiger partial charge on any atom is -0.493 e. The Hall–Kier alpha value is -4.21. The van der Waals surface area contributed by atoms with Crippen molar-refractivity contribution in [3.63, 3.8) is 0 Å². The number of nitrogens with zero attached hydrogens (tertiary/aromatic N) is 6. The molecule has 0 fully saturated rings. The van der Waals surface area contributed by atoms with E-state index in [2.05, 4.69) is 20.6 Å². The first-order valence-electron chi connectivity index (χ1n) is 11.2. The Morgan fingerprint density at radius 2 is 1.76 bits per heavy atom. The summed E-state index contributed by atoms with van der Waals surface area (Å²) in [6, 6.07) is 16.4. The fraction of sp³-hybridized carbons (Fsp3) is 0.292. The van der Waals surface area contributed by atoms with Crippen LogP contribution in [0.4, 0.5) is 0 Å². The van der Waals surface area contributed by atoms with Crippen molar-refractivity contribution < 1.29 is 14.0 Å². The molecule has 10 heteroatoms. The molecule has 174 valence electrons. The summed E-state index contributed by atoms with van der Waals surface area (Å²) in [7, 11) is 0. The molecule has 0 atom stereocenters. The molecule has 10 nitrogen and oxygen atoms in total. The number of hydrogen-bond donors (Lipinski definition) is 0. The van der Waals surface area contributed by atoms with Crippen molar-refractivity contribution in [1.29, 1.82) is 0 Å². The van der Waals surface area contributed by atoms with Gasteiger partial charge in [0.05, 0.1) is 24.3 Å². The Morgan fingerprint density at radius 1 is 0.912 bits per heavy atom. The molecule has 0 radical (unpaired) electrons. The first-order valence-corrected chi connectivity index (χ1v) is 11.2. The van der Waals surface area contributed by atoms with Gasteiger partial charge in [-0.1, -0.05) is 40.7 Å². The van der Waals surface area contributed by atoms with Gasteiger partial charge in [0.2, 0.25) is 0 Å². The molecule has 0 saturated heterocycles. The van der Waals surface area contributed by atoms with Crippen LogP contribution in [0.25, 0.3) is 22.0 Å². The predicted molar refractivity (Wildman–Crippen MR) is 124 cm³/mol. The average molecular weight is 460 g/mol. The fourth-order valence-corrected chi connectivity index (χ4v) is 3.70. The number of unbranched alkanes of at least 4 members (excludes halogenated alkanes) is 3. The lowest BCUT2D eigenvalue weighted by Gasteiger charge is -2.08. The molecule has 3 aromatic heterocycles. The Bertz CT molecular complexity index is 1440. The van der Waals surface area contributed by atoms with Gasteiger partial charge in [-0.05, 0) is 48.7 Å². The molecule has 0 spiro atoms. The number of aryl methyl sites for hydroxylation is 1. The van der Waals surface area contributed by atoms with Crippen LogP contribution in [-0.4, -0.2) is 36.8 Å². The maximum absolute atomic E-state index is 11.7. The van der Waals surface area contributed by atoms with E-state index in [4.69, 9.17) is 14.0 Å². The first kappa shape index (κ1) is 21.6. The lowest BCUT2D eigenvalue weighted by Crippen LogP contribution is -2.13. The number of ether oxygens (including phenoxy) is 1. The molecule has 34 heavy (non-hydrogen) atoms. The van der Waals surface area contributed by atoms with Crippen molar-refractivity contribution in [2.24, 2.45) is 0 Å². The summed E-state index contributed by atoms with van der Waals surface area (Å²) in [6.07, 6.45) is 5.82. The molecule has 0 N–H and O–H groups in total. The SMILES string of the molecule is O=c1cc(OCCCCCCn2cc(COn3nnc4ccccc43)nn2)c2ccccc2o1. The molecule has 5 aromatic rings. The van der Waals surface area contributed by atoms with Gasteiger partial charge in [0.25, 0.3) is 0 Å². The lowest BCUT2D eigenvalue weighted by molar-refractivity contribution is 0.0731. The molecular weight excluding hydrogens is 436 g/mol. The minimum absolute atomic E-state index is 0.261. The van der Waals surface area contributed by atoms with Crippen molar-refractivity contribution in [2.75, 3.05) is 6.61 Å². The van der Waals surface area contributed by atoms with E-state index < -0.39 is 5.63 Å². The van der Waals surface area contributed by atoms with E-state index in [1.807, 2.05) is 53.3 Å². The van der Waals surface area contributed by atoms with Gasteiger partial charge < -0.3 is 14.0 Å². The minimum atomic E-state index is -0.402. The van der Waals surface area contributed by atoms with Crippen LogP contribution >= 0.6 is 0 Å². The average Bonchev–Trinajstić information content (AvgIpc) is 3.48. The van der Waals surface area contributed by atoms with Crippen molar-refractivity contribution in [3.8, 4) is 5.75 Å². The topological polar surface area (TPSA) is 110 Å². The summed E-state index contributed by atoms with van der Waals surface area (Å²) in [5.74, 6) is 0.572. The highest BCUT2D eigenvalue weighted by molar-refractivity contribution is 5.82. The van der Waals surface area contributed by atoms with Crippen molar-refractivity contribution in [3.05, 3.63) is 76.9 Å². The van der Waals surface area contributed by atoms with Crippen LogP contribution in [0.3, 0.4) is 0 Å². The largest absolute Gasteiger partial charge is 0.493 e. The van der Waals surface area contributed by atoms with Crippen LogP contribution in [0.15, 0.2) is 70.0 Å². The molecule has 0 amide bonds. The monoisotopic (exact) mass is 460 g/mol. The van der Waals surface area contributed by atoms with E-state index >= 15 is 0 Å². The highest BCUT2D eigenvalue weighted by Crippen LogP contribution is 2.23. The van der Waals surface area contributed by atoms with E-state index in [-0.39, 0.29) is 6.61 Å². The third kappa shape index (κ3) is 5.06. The second-order valence-corrected chi connectivity index (χ2v) is 7.89. The molecule has 2 aromatic carbocycles. The van der Waals surface area contributed by atoms with Gasteiger partial charge in [-0.15, -0.1) is 10.2 Å². The predicted octanol–water partition coefficient (Wildman–Crippen LogP) is 3.40. The number of benzene rings is 2. The smallest absolute Gasteiger partial charge is 0.339 e. The zero-order valence-electron chi connectivity index (χ0n) is 18.5. The molecular formula is C24H24N6O4. The number of rotatable bonds is 11. The second-order valence-electron chi connectivity index (χ2n) is 7.89. The zero-order chi connectivity index (χ0) is 23.2. The summed E-state index contributed by atoms with van der Waals surface area (Å²) in [5, 5.41) is 17.2. The molecule has 0 aliphatic heterocycles. The summed E-state index contributed by atoms with van der Waals surface area (Å²) in [5.41, 5.74) is 2.45. The maximum atomic E-state index is 11.7. The van der Waals surface area contributed by atoms with Crippen molar-refractivity contribution >= 4 is 22.0 Å². The van der Waals surface area contributed by atoms with Gasteiger partial charge in [-0.2, -0.15) is 0 Å². The Morgan fingerprint density at radius 3 is 2.74 bits per heavy atom. The summed E-state index contributed by atoms with van der Waals surface area (Å²) < 4.78 is 12.9. The molecule has 3 heterocycles. The van der Waals surface area contributed by atoms with Gasteiger partial charge >= 0.3 is 5.63 Å². The van der Waals surface area contributed by atoms with Crippen LogP contribution in [0.1, 0.15) is 31.4 Å². The van der Waals surface area contributed by atoms with Gasteiger partial charge in [-0.25, -0.2) is 4.79 Å². The van der Waals surface area contributed by atoms with Crippen LogP contribution in [-0.2, 0) is 13.2 Å². The van der Waals surface area contributed by atoms with Crippen LogP contribution in [0.5, 0.6) is 5.75 Å². The fourth-order valence-electron chi connectivity index (χ4n) is 3.70. The third-order valence-corrected chi connectivity index (χ3v) is 5.39. The Labute approximate surface area is 194 Å². The number of para-hydroxylation sites is 2. The van der Waals surface area contributed by atoms with Gasteiger partial charge in [0.15, 0.2) is 6.61 Å². The summed E-state index contributed by atoms with van der Waals surface area (Å²) in [4.78, 5) is 18.8. The number of hydrogen-bond acceptors (Lipinski definition) is 8. The third-order valence-electron chi connectivity index (χ3n) is 5.39. The van der Waals surface area contributed by atoms with Crippen molar-refractivity contribution in [2.45, 2.75) is 38.8 Å². The highest BCUT2D eigenvalue weighted by Gasteiger charge is 2.08. The first-order chi connectivity index (χ1) is 16.8. The van der Waals surface area contributed by atoms with E-state index in [9.17, 15) is 4.79 Å². The highest BCUT2D eigenvalue weighted by atomic mass is 16.7. The van der Waals surface area contributed by atoms with Crippen LogP contribution in [0, 0.1) is 0 Å².